The number of carbonyl (C=O) groups excluding carboxylic acids is 3. The van der Waals surface area contributed by atoms with Crippen molar-refractivity contribution in [3.8, 4) is 0 Å². The summed E-state index contributed by atoms with van der Waals surface area (Å²) in [5, 5.41) is 2.72. The molecule has 2 aromatic rings. The number of carbonyl (C=O) groups is 3. The van der Waals surface area contributed by atoms with Crippen molar-refractivity contribution in [2.75, 3.05) is 20.3 Å². The second-order valence-corrected chi connectivity index (χ2v) is 7.97. The molecule has 1 aromatic carbocycles. The van der Waals surface area contributed by atoms with Crippen molar-refractivity contribution in [2.45, 2.75) is 45.7 Å². The number of urea groups is 1. The van der Waals surface area contributed by atoms with E-state index in [4.69, 9.17) is 4.74 Å². The zero-order valence-electron chi connectivity index (χ0n) is 18.5. The number of ketones is 1. The predicted octanol–water partition coefficient (Wildman–Crippen LogP) is 3.49. The summed E-state index contributed by atoms with van der Waals surface area (Å²) in [7, 11) is 1.62. The van der Waals surface area contributed by atoms with E-state index in [0.29, 0.717) is 17.7 Å². The molecular weight excluding hydrogens is 401 g/mol. The Hall–Kier alpha value is -3.00. The molecule has 2 unspecified atom stereocenters. The first-order chi connectivity index (χ1) is 14.7. The second kappa shape index (κ2) is 8.63. The van der Waals surface area contributed by atoms with E-state index in [1.807, 2.05) is 25.3 Å². The molecule has 8 heteroatoms. The van der Waals surface area contributed by atoms with Gasteiger partial charge in [0.05, 0.1) is 19.2 Å². The van der Waals surface area contributed by atoms with Crippen molar-refractivity contribution in [2.24, 2.45) is 0 Å². The smallest absolute Gasteiger partial charge is 0.325 e. The minimum Gasteiger partial charge on any atom is -0.383 e. The number of nitrogens with zero attached hydrogens (tertiary/aromatic N) is 2. The van der Waals surface area contributed by atoms with Crippen molar-refractivity contribution >= 4 is 17.7 Å². The number of aromatic nitrogens is 1. The minimum absolute atomic E-state index is 0.0366. The summed E-state index contributed by atoms with van der Waals surface area (Å²) in [6.45, 7) is 7.63. The lowest BCUT2D eigenvalue weighted by molar-refractivity contribution is -0.131. The second-order valence-electron chi connectivity index (χ2n) is 7.97. The molecule has 31 heavy (non-hydrogen) atoms. The number of benzene rings is 1. The van der Waals surface area contributed by atoms with E-state index in [1.54, 1.807) is 20.1 Å². The quantitative estimate of drug-likeness (QED) is 0.515. The summed E-state index contributed by atoms with van der Waals surface area (Å²) in [6.07, 6.45) is 0.275. The van der Waals surface area contributed by atoms with E-state index < -0.39 is 23.3 Å². The van der Waals surface area contributed by atoms with E-state index in [9.17, 15) is 18.8 Å². The van der Waals surface area contributed by atoms with E-state index in [1.165, 1.54) is 24.3 Å². The van der Waals surface area contributed by atoms with E-state index >= 15 is 0 Å². The molecular formula is C23H28FN3O4. The fraction of sp³-hybridized carbons (Fsp3) is 0.435. The Kier molecular flexibility index (Phi) is 6.31. The lowest BCUT2D eigenvalue weighted by Crippen LogP contribution is -2.43. The maximum Gasteiger partial charge on any atom is 0.325 e. The molecule has 0 radical (unpaired) electrons. The first-order valence-electron chi connectivity index (χ1n) is 10.3. The van der Waals surface area contributed by atoms with Crippen LogP contribution in [-0.2, 0) is 15.1 Å². The number of halogens is 1. The largest absolute Gasteiger partial charge is 0.383 e. The van der Waals surface area contributed by atoms with Crippen LogP contribution in [0.1, 0.15) is 53.6 Å². The van der Waals surface area contributed by atoms with Gasteiger partial charge in [0.15, 0.2) is 5.78 Å². The molecule has 1 aliphatic rings. The molecule has 1 saturated heterocycles. The highest BCUT2D eigenvalue weighted by Crippen LogP contribution is 2.33. The summed E-state index contributed by atoms with van der Waals surface area (Å²) in [5.74, 6) is -1.27. The molecule has 1 fully saturated rings. The Bertz CT molecular complexity index is 1010. The highest BCUT2D eigenvalue weighted by molar-refractivity contribution is 6.11. The highest BCUT2D eigenvalue weighted by atomic mass is 19.1. The Morgan fingerprint density at radius 2 is 1.87 bits per heavy atom. The van der Waals surface area contributed by atoms with Crippen LogP contribution in [0.15, 0.2) is 30.3 Å². The van der Waals surface area contributed by atoms with Crippen molar-refractivity contribution in [3.05, 3.63) is 58.7 Å². The number of nitrogens with one attached hydrogen (secondary N) is 1. The molecule has 0 spiro atoms. The number of hydrogen-bond acceptors (Lipinski definition) is 4. The molecule has 0 bridgehead atoms. The molecule has 2 heterocycles. The van der Waals surface area contributed by atoms with Gasteiger partial charge in [0, 0.05) is 24.1 Å². The van der Waals surface area contributed by atoms with Gasteiger partial charge < -0.3 is 14.6 Å². The average Bonchev–Trinajstić information content (AvgIpc) is 3.16. The molecule has 7 nitrogen and oxygen atoms in total. The first kappa shape index (κ1) is 22.7. The van der Waals surface area contributed by atoms with Gasteiger partial charge >= 0.3 is 6.03 Å². The number of rotatable bonds is 8. The Morgan fingerprint density at radius 1 is 1.23 bits per heavy atom. The van der Waals surface area contributed by atoms with Crippen LogP contribution >= 0.6 is 0 Å². The third kappa shape index (κ3) is 3.87. The fourth-order valence-corrected chi connectivity index (χ4v) is 4.43. The molecule has 1 aromatic heterocycles. The van der Waals surface area contributed by atoms with Crippen molar-refractivity contribution in [3.63, 3.8) is 0 Å². The topological polar surface area (TPSA) is 80.6 Å². The Balaban J connectivity index is 1.87. The molecule has 3 amide bonds. The van der Waals surface area contributed by atoms with Crippen LogP contribution in [0.5, 0.6) is 0 Å². The SMILES string of the molecule is CCC1(c2ccc(F)cc2)NC(=O)N(CC(=O)c2cc(C)n(C(C)COC)c2C)C1=O. The predicted molar refractivity (Wildman–Crippen MR) is 113 cm³/mol. The Morgan fingerprint density at radius 3 is 2.45 bits per heavy atom. The number of hydrogen-bond donors (Lipinski definition) is 1. The van der Waals surface area contributed by atoms with E-state index in [2.05, 4.69) is 5.32 Å². The van der Waals surface area contributed by atoms with Gasteiger partial charge in [-0.3, -0.25) is 14.5 Å². The third-order valence-corrected chi connectivity index (χ3v) is 5.98. The third-order valence-electron chi connectivity index (χ3n) is 5.98. The number of amides is 3. The minimum atomic E-state index is -1.31. The molecule has 0 aliphatic carbocycles. The first-order valence-corrected chi connectivity index (χ1v) is 10.3. The monoisotopic (exact) mass is 429 g/mol. The van der Waals surface area contributed by atoms with Gasteiger partial charge in [-0.15, -0.1) is 0 Å². The molecule has 166 valence electrons. The van der Waals surface area contributed by atoms with Crippen molar-refractivity contribution in [1.82, 2.24) is 14.8 Å². The summed E-state index contributed by atoms with van der Waals surface area (Å²) in [4.78, 5) is 39.9. The normalized spacial score (nSPS) is 19.6. The maximum atomic E-state index is 13.4. The fourth-order valence-electron chi connectivity index (χ4n) is 4.43. The highest BCUT2D eigenvalue weighted by Gasteiger charge is 2.51. The molecule has 1 aliphatic heterocycles. The van der Waals surface area contributed by atoms with Gasteiger partial charge in [-0.05, 0) is 51.0 Å². The van der Waals surface area contributed by atoms with Crippen LogP contribution in [0.25, 0.3) is 0 Å². The van der Waals surface area contributed by atoms with Gasteiger partial charge in [0.1, 0.15) is 11.4 Å². The summed E-state index contributed by atoms with van der Waals surface area (Å²) in [6, 6.07) is 6.63. The lowest BCUT2D eigenvalue weighted by atomic mass is 9.87. The zero-order valence-corrected chi connectivity index (χ0v) is 18.5. The van der Waals surface area contributed by atoms with E-state index in [0.717, 1.165) is 16.3 Å². The number of imide groups is 1. The molecule has 3 rings (SSSR count). The molecule has 2 atom stereocenters. The van der Waals surface area contributed by atoms with Gasteiger partial charge in [0.2, 0.25) is 0 Å². The van der Waals surface area contributed by atoms with E-state index in [-0.39, 0.29) is 24.8 Å². The number of methoxy groups -OCH3 is 1. The zero-order chi connectivity index (χ0) is 22.9. The standard InChI is InChI=1S/C23H28FN3O4/c1-6-23(17-7-9-18(24)10-8-17)21(29)26(22(30)25-23)12-20(28)19-11-14(2)27(16(19)4)15(3)13-31-5/h7-11,15H,6,12-13H2,1-5H3,(H,25,30). The van der Waals surface area contributed by atoms with Crippen LogP contribution in [0.4, 0.5) is 9.18 Å². The Labute approximate surface area is 181 Å². The van der Waals surface area contributed by atoms with Crippen LogP contribution < -0.4 is 5.32 Å². The van der Waals surface area contributed by atoms with Crippen LogP contribution in [0.3, 0.4) is 0 Å². The van der Waals surface area contributed by atoms with Crippen molar-refractivity contribution < 1.29 is 23.5 Å². The van der Waals surface area contributed by atoms with Crippen LogP contribution in [0, 0.1) is 19.7 Å². The van der Waals surface area contributed by atoms with Crippen LogP contribution in [-0.4, -0.2) is 47.4 Å². The number of Topliss-reactive ketones (excluding diaryl/α,β-unsaturated/α-hetero) is 1. The van der Waals surface area contributed by atoms with Gasteiger partial charge in [-0.25, -0.2) is 9.18 Å². The average molecular weight is 429 g/mol. The van der Waals surface area contributed by atoms with Crippen molar-refractivity contribution in [1.29, 1.82) is 0 Å². The summed E-state index contributed by atoms with van der Waals surface area (Å²) >= 11 is 0. The number of aryl methyl sites for hydroxylation is 1. The molecule has 1 N–H and O–H groups in total. The maximum absolute atomic E-state index is 13.4. The molecule has 0 saturated carbocycles. The lowest BCUT2D eigenvalue weighted by Gasteiger charge is -2.25. The number of ether oxygens (including phenoxy) is 1. The van der Waals surface area contributed by atoms with Gasteiger partial charge in [0.25, 0.3) is 5.91 Å². The summed E-state index contributed by atoms with van der Waals surface area (Å²) < 4.78 is 20.6. The van der Waals surface area contributed by atoms with Gasteiger partial charge in [-0.1, -0.05) is 19.1 Å². The van der Waals surface area contributed by atoms with Gasteiger partial charge in [-0.2, -0.15) is 0 Å². The summed E-state index contributed by atoms with van der Waals surface area (Å²) in [5.41, 5.74) is 1.30. The van der Waals surface area contributed by atoms with Crippen LogP contribution in [0.2, 0.25) is 0 Å².